The molecule has 0 unspecified atom stereocenters. The summed E-state index contributed by atoms with van der Waals surface area (Å²) >= 11 is 0. The molecule has 2 fully saturated rings. The second kappa shape index (κ2) is 7.04. The smallest absolute Gasteiger partial charge is 0.166 e. The van der Waals surface area contributed by atoms with Crippen LogP contribution in [-0.4, -0.2) is 46.8 Å². The lowest BCUT2D eigenvalue weighted by molar-refractivity contribution is -0.192. The van der Waals surface area contributed by atoms with Crippen molar-refractivity contribution in [1.82, 2.24) is 9.88 Å². The van der Waals surface area contributed by atoms with E-state index in [0.717, 1.165) is 37.2 Å². The van der Waals surface area contributed by atoms with E-state index in [1.807, 2.05) is 13.2 Å². The van der Waals surface area contributed by atoms with Crippen molar-refractivity contribution in [3.8, 4) is 11.5 Å². The van der Waals surface area contributed by atoms with Crippen LogP contribution in [0.4, 0.5) is 0 Å². The minimum absolute atomic E-state index is 0.166. The maximum Gasteiger partial charge on any atom is 0.166 e. The van der Waals surface area contributed by atoms with Gasteiger partial charge in [-0.2, -0.15) is 0 Å². The number of nitrogens with one attached hydrogen (secondary N) is 1. The number of likely N-dealkylation sites (tertiary alicyclic amines) is 1. The summed E-state index contributed by atoms with van der Waals surface area (Å²) in [5.41, 5.74) is 5.58. The summed E-state index contributed by atoms with van der Waals surface area (Å²) in [6.45, 7) is 2.24. The van der Waals surface area contributed by atoms with Crippen molar-refractivity contribution in [1.29, 1.82) is 0 Å². The van der Waals surface area contributed by atoms with Crippen LogP contribution >= 0.6 is 0 Å². The van der Waals surface area contributed by atoms with Crippen LogP contribution in [0, 0.1) is 5.92 Å². The number of piperidine rings is 1. The van der Waals surface area contributed by atoms with E-state index in [9.17, 15) is 5.11 Å². The van der Waals surface area contributed by atoms with Gasteiger partial charge in [-0.15, -0.1) is 0 Å². The third-order valence-electron chi connectivity index (χ3n) is 10.4. The van der Waals surface area contributed by atoms with Gasteiger partial charge in [0.05, 0.1) is 11.1 Å². The molecule has 0 radical (unpaired) electrons. The number of hydrogen-bond acceptors (Lipinski definition) is 4. The standard InChI is InChI=1S/C30H34N2O3/c1-34-30-16-21-20-9-5-6-10-22(20)31-26(21)28-29(30)13-14-32(17-18-7-3-2-4-8-18)24(30)15-19-11-12-23(33)27(35-28)25(19)29/h5-6,9-12,18,24,28,31,33H,2-4,7-8,13-17H2,1H3/t24-,28-,29-,30+/m0/s1. The molecule has 5 heteroatoms. The normalized spacial score (nSPS) is 33.4. The Balaban J connectivity index is 1.36. The van der Waals surface area contributed by atoms with E-state index in [1.165, 1.54) is 66.4 Å². The minimum Gasteiger partial charge on any atom is -0.504 e. The van der Waals surface area contributed by atoms with E-state index in [2.05, 4.69) is 40.2 Å². The second-order valence-electron chi connectivity index (χ2n) is 11.7. The van der Waals surface area contributed by atoms with Gasteiger partial charge in [0.25, 0.3) is 0 Å². The molecule has 2 bridgehead atoms. The van der Waals surface area contributed by atoms with Crippen LogP contribution in [0.25, 0.3) is 10.9 Å². The zero-order valence-electron chi connectivity index (χ0n) is 20.5. The third-order valence-corrected chi connectivity index (χ3v) is 10.4. The Morgan fingerprint density at radius 1 is 1.14 bits per heavy atom. The quantitative estimate of drug-likeness (QED) is 0.538. The number of para-hydroxylation sites is 1. The molecule has 2 aliphatic heterocycles. The van der Waals surface area contributed by atoms with Gasteiger partial charge < -0.3 is 19.6 Å². The van der Waals surface area contributed by atoms with Crippen LogP contribution in [0.3, 0.4) is 0 Å². The Labute approximate surface area is 206 Å². The lowest BCUT2D eigenvalue weighted by atomic mass is 9.48. The molecule has 3 heterocycles. The van der Waals surface area contributed by atoms with Crippen molar-refractivity contribution in [2.45, 2.75) is 74.5 Å². The van der Waals surface area contributed by atoms with Gasteiger partial charge in [0.2, 0.25) is 0 Å². The SMILES string of the molecule is CO[C@@]12Cc3c([nH]c4ccccc34)[C@@H]3Oc4c(O)ccc5c4[C@@]31CCN(CC1CCCCC1)[C@H]2C5. The Morgan fingerprint density at radius 3 is 2.86 bits per heavy atom. The fourth-order valence-electron chi connectivity index (χ4n) is 9.00. The molecule has 1 saturated carbocycles. The number of aromatic nitrogens is 1. The van der Waals surface area contributed by atoms with Crippen molar-refractivity contribution >= 4 is 10.9 Å². The number of phenols is 1. The molecule has 35 heavy (non-hydrogen) atoms. The van der Waals surface area contributed by atoms with Crippen molar-refractivity contribution in [2.75, 3.05) is 20.2 Å². The summed E-state index contributed by atoms with van der Waals surface area (Å²) in [6.07, 6.45) is 9.54. The highest BCUT2D eigenvalue weighted by molar-refractivity contribution is 5.86. The molecule has 1 aromatic heterocycles. The monoisotopic (exact) mass is 470 g/mol. The van der Waals surface area contributed by atoms with Crippen molar-refractivity contribution in [2.24, 2.45) is 5.92 Å². The fourth-order valence-corrected chi connectivity index (χ4v) is 9.00. The second-order valence-corrected chi connectivity index (χ2v) is 11.7. The number of nitrogens with zero attached hydrogens (tertiary/aromatic N) is 1. The van der Waals surface area contributed by atoms with Gasteiger partial charge in [-0.05, 0) is 61.4 Å². The summed E-state index contributed by atoms with van der Waals surface area (Å²) in [6, 6.07) is 12.9. The maximum absolute atomic E-state index is 10.9. The summed E-state index contributed by atoms with van der Waals surface area (Å²) < 4.78 is 13.6. The van der Waals surface area contributed by atoms with Gasteiger partial charge in [0, 0.05) is 42.6 Å². The molecule has 1 spiro atoms. The number of phenolic OH excluding ortho intramolecular Hbond substituents is 1. The lowest BCUT2D eigenvalue weighted by Crippen LogP contribution is -2.75. The molecule has 2 aromatic carbocycles. The summed E-state index contributed by atoms with van der Waals surface area (Å²) in [7, 11) is 1.93. The highest BCUT2D eigenvalue weighted by Gasteiger charge is 2.73. The molecule has 182 valence electrons. The molecule has 0 amide bonds. The first-order valence-electron chi connectivity index (χ1n) is 13.6. The number of aromatic amines is 1. The first-order chi connectivity index (χ1) is 17.2. The van der Waals surface area contributed by atoms with E-state index >= 15 is 0 Å². The predicted octanol–water partition coefficient (Wildman–Crippen LogP) is 5.40. The third kappa shape index (κ3) is 2.42. The number of rotatable bonds is 3. The van der Waals surface area contributed by atoms with Gasteiger partial charge in [0.1, 0.15) is 5.60 Å². The lowest BCUT2D eigenvalue weighted by Gasteiger charge is -2.64. The number of H-pyrrole nitrogens is 1. The Hall–Kier alpha value is -2.50. The van der Waals surface area contributed by atoms with Gasteiger partial charge in [-0.3, -0.25) is 4.90 Å². The topological polar surface area (TPSA) is 57.7 Å². The van der Waals surface area contributed by atoms with Crippen LogP contribution in [0.2, 0.25) is 0 Å². The summed E-state index contributed by atoms with van der Waals surface area (Å²) in [5, 5.41) is 12.2. The van der Waals surface area contributed by atoms with Crippen LogP contribution in [0.1, 0.15) is 67.0 Å². The van der Waals surface area contributed by atoms with Crippen LogP contribution in [-0.2, 0) is 23.0 Å². The number of aromatic hydroxyl groups is 1. The van der Waals surface area contributed by atoms with Gasteiger partial charge in [0.15, 0.2) is 17.6 Å². The zero-order valence-corrected chi connectivity index (χ0v) is 20.5. The summed E-state index contributed by atoms with van der Waals surface area (Å²) in [5.74, 6) is 1.75. The number of ether oxygens (including phenoxy) is 2. The average Bonchev–Trinajstić information content (AvgIpc) is 3.43. The molecule has 5 aliphatic rings. The van der Waals surface area contributed by atoms with Crippen molar-refractivity contribution < 1.29 is 14.6 Å². The van der Waals surface area contributed by atoms with Gasteiger partial charge in [-0.25, -0.2) is 0 Å². The van der Waals surface area contributed by atoms with E-state index < -0.39 is 0 Å². The molecular weight excluding hydrogens is 436 g/mol. The molecule has 3 aromatic rings. The van der Waals surface area contributed by atoms with Crippen molar-refractivity contribution in [3.05, 3.63) is 58.8 Å². The van der Waals surface area contributed by atoms with Gasteiger partial charge in [-0.1, -0.05) is 43.5 Å². The van der Waals surface area contributed by atoms with E-state index in [0.29, 0.717) is 11.8 Å². The van der Waals surface area contributed by atoms with E-state index in [1.54, 1.807) is 0 Å². The predicted molar refractivity (Wildman–Crippen MR) is 135 cm³/mol. The largest absolute Gasteiger partial charge is 0.504 e. The van der Waals surface area contributed by atoms with Crippen LogP contribution < -0.4 is 4.74 Å². The number of methoxy groups -OCH3 is 1. The van der Waals surface area contributed by atoms with E-state index in [4.69, 9.17) is 9.47 Å². The number of benzene rings is 2. The first-order valence-corrected chi connectivity index (χ1v) is 13.6. The Bertz CT molecular complexity index is 1340. The van der Waals surface area contributed by atoms with Gasteiger partial charge >= 0.3 is 0 Å². The first kappa shape index (κ1) is 20.7. The highest BCUT2D eigenvalue weighted by atomic mass is 16.5. The zero-order chi connectivity index (χ0) is 23.4. The number of fused-ring (bicyclic) bond motifs is 4. The Morgan fingerprint density at radius 2 is 2.00 bits per heavy atom. The molecule has 1 saturated heterocycles. The maximum atomic E-state index is 10.9. The molecule has 5 nitrogen and oxygen atoms in total. The molecule has 8 rings (SSSR count). The highest BCUT2D eigenvalue weighted by Crippen LogP contribution is 2.69. The Kier molecular flexibility index (Phi) is 4.16. The summed E-state index contributed by atoms with van der Waals surface area (Å²) in [4.78, 5) is 6.53. The van der Waals surface area contributed by atoms with Crippen LogP contribution in [0.15, 0.2) is 36.4 Å². The average molecular weight is 471 g/mol. The molecular formula is C30H34N2O3. The van der Waals surface area contributed by atoms with Crippen LogP contribution in [0.5, 0.6) is 11.5 Å². The molecule has 2 N–H and O–H groups in total. The fraction of sp³-hybridized carbons (Fsp3) is 0.533. The molecule has 3 aliphatic carbocycles. The number of hydrogen-bond donors (Lipinski definition) is 2. The van der Waals surface area contributed by atoms with Crippen molar-refractivity contribution in [3.63, 3.8) is 0 Å². The minimum atomic E-state index is -0.380. The van der Waals surface area contributed by atoms with E-state index in [-0.39, 0.29) is 22.9 Å². The molecule has 4 atom stereocenters.